The molecule has 6 nitrogen and oxygen atoms in total. The Balaban J connectivity index is 1.77. The number of rotatable bonds is 8. The summed E-state index contributed by atoms with van der Waals surface area (Å²) in [6.45, 7) is 7.86. The van der Waals surface area contributed by atoms with Crippen molar-refractivity contribution in [1.29, 1.82) is 0 Å². The van der Waals surface area contributed by atoms with Gasteiger partial charge in [0, 0.05) is 30.3 Å². The van der Waals surface area contributed by atoms with E-state index in [0.29, 0.717) is 19.0 Å². The molecule has 0 unspecified atom stereocenters. The van der Waals surface area contributed by atoms with Crippen molar-refractivity contribution >= 4 is 17.3 Å². The summed E-state index contributed by atoms with van der Waals surface area (Å²) in [7, 11) is 3.27. The number of ether oxygens (including phenoxy) is 2. The van der Waals surface area contributed by atoms with Crippen LogP contribution in [0.1, 0.15) is 37.0 Å². The maximum absolute atomic E-state index is 5.95. The number of thiazole rings is 1. The third-order valence-corrected chi connectivity index (χ3v) is 5.33. The molecular formula is C20H30N4O2S. The average Bonchev–Trinajstić information content (AvgIpc) is 3.11. The molecule has 0 spiro atoms. The van der Waals surface area contributed by atoms with E-state index in [1.165, 1.54) is 0 Å². The van der Waals surface area contributed by atoms with Crippen molar-refractivity contribution < 1.29 is 9.47 Å². The average molecular weight is 391 g/mol. The minimum Gasteiger partial charge on any atom is -0.493 e. The fourth-order valence-corrected chi connectivity index (χ4v) is 3.43. The van der Waals surface area contributed by atoms with Gasteiger partial charge < -0.3 is 20.5 Å². The molecule has 7 heteroatoms. The van der Waals surface area contributed by atoms with Crippen LogP contribution in [0.15, 0.2) is 28.6 Å². The third kappa shape index (κ3) is 6.43. The molecule has 0 aliphatic heterocycles. The number of nitrogens with zero attached hydrogens (tertiary/aromatic N) is 2. The van der Waals surface area contributed by atoms with Crippen molar-refractivity contribution in [2.24, 2.45) is 10.7 Å². The second-order valence-electron chi connectivity index (χ2n) is 7.28. The summed E-state index contributed by atoms with van der Waals surface area (Å²) in [5.41, 5.74) is 8.27. The summed E-state index contributed by atoms with van der Waals surface area (Å²) in [5, 5.41) is 6.41. The molecule has 0 bridgehead atoms. The first-order chi connectivity index (χ1) is 12.8. The van der Waals surface area contributed by atoms with E-state index in [1.807, 2.05) is 18.2 Å². The Bertz CT molecular complexity index is 766. The zero-order chi connectivity index (χ0) is 19.9. The Morgan fingerprint density at radius 3 is 2.56 bits per heavy atom. The Morgan fingerprint density at radius 2 is 1.93 bits per heavy atom. The van der Waals surface area contributed by atoms with E-state index >= 15 is 0 Å². The molecule has 0 aliphatic carbocycles. The zero-order valence-corrected chi connectivity index (χ0v) is 17.7. The van der Waals surface area contributed by atoms with Crippen LogP contribution in [0.3, 0.4) is 0 Å². The van der Waals surface area contributed by atoms with Gasteiger partial charge in [0.2, 0.25) is 0 Å². The van der Waals surface area contributed by atoms with Gasteiger partial charge in [0.15, 0.2) is 17.5 Å². The molecule has 1 aromatic carbocycles. The normalized spacial score (nSPS) is 12.1. The first kappa shape index (κ1) is 21.0. The second kappa shape index (κ2) is 9.60. The predicted octanol–water partition coefficient (Wildman–Crippen LogP) is 3.15. The van der Waals surface area contributed by atoms with Gasteiger partial charge in [0.25, 0.3) is 0 Å². The lowest BCUT2D eigenvalue weighted by atomic mass is 9.98. The number of methoxy groups -OCH3 is 2. The summed E-state index contributed by atoms with van der Waals surface area (Å²) in [6.07, 6.45) is 1.61. The van der Waals surface area contributed by atoms with E-state index in [0.717, 1.165) is 40.6 Å². The van der Waals surface area contributed by atoms with E-state index in [1.54, 1.807) is 25.6 Å². The molecular weight excluding hydrogens is 360 g/mol. The highest BCUT2D eigenvalue weighted by Gasteiger charge is 2.17. The summed E-state index contributed by atoms with van der Waals surface area (Å²) < 4.78 is 10.6. The van der Waals surface area contributed by atoms with Crippen LogP contribution in [0.25, 0.3) is 0 Å². The number of nitrogens with one attached hydrogen (secondary N) is 1. The van der Waals surface area contributed by atoms with E-state index in [9.17, 15) is 0 Å². The number of benzene rings is 1. The lowest BCUT2D eigenvalue weighted by Gasteiger charge is -2.13. The van der Waals surface area contributed by atoms with Gasteiger partial charge in [-0.2, -0.15) is 0 Å². The number of nitrogens with two attached hydrogens (primary N) is 1. The zero-order valence-electron chi connectivity index (χ0n) is 16.8. The molecule has 0 radical (unpaired) electrons. The molecule has 0 atom stereocenters. The van der Waals surface area contributed by atoms with Crippen molar-refractivity contribution in [3.05, 3.63) is 39.8 Å². The van der Waals surface area contributed by atoms with Gasteiger partial charge in [-0.25, -0.2) is 4.98 Å². The van der Waals surface area contributed by atoms with E-state index in [-0.39, 0.29) is 5.41 Å². The molecule has 0 amide bonds. The molecule has 27 heavy (non-hydrogen) atoms. The molecule has 0 saturated carbocycles. The highest BCUT2D eigenvalue weighted by Crippen LogP contribution is 2.27. The van der Waals surface area contributed by atoms with Crippen molar-refractivity contribution in [1.82, 2.24) is 10.3 Å². The molecule has 0 aliphatic rings. The molecule has 0 saturated heterocycles. The minimum atomic E-state index is 0.0942. The van der Waals surface area contributed by atoms with Gasteiger partial charge in [0.05, 0.1) is 24.9 Å². The number of aliphatic imine (C=N–C) groups is 1. The highest BCUT2D eigenvalue weighted by molar-refractivity contribution is 7.09. The Labute approximate surface area is 165 Å². The standard InChI is InChI=1S/C20H30N4O2S/c1-20(2,3)18-24-15(13-27-18)9-11-23-19(21)22-10-8-14-6-7-16(25-4)17(12-14)26-5/h6-7,12-13H,8-11H2,1-5H3,(H3,21,22,23). The predicted molar refractivity (Wildman–Crippen MR) is 112 cm³/mol. The SMILES string of the molecule is COc1ccc(CCNC(N)=NCCc2csc(C(C)(C)C)n2)cc1OC. The Hall–Kier alpha value is -2.28. The van der Waals surface area contributed by atoms with E-state index in [4.69, 9.17) is 15.2 Å². The molecule has 148 valence electrons. The number of hydrogen-bond donors (Lipinski definition) is 2. The van der Waals surface area contributed by atoms with Crippen molar-refractivity contribution in [2.45, 2.75) is 39.0 Å². The fraction of sp³-hybridized carbons (Fsp3) is 0.500. The van der Waals surface area contributed by atoms with Crippen LogP contribution in [0.5, 0.6) is 11.5 Å². The Morgan fingerprint density at radius 1 is 1.19 bits per heavy atom. The van der Waals surface area contributed by atoms with Crippen LogP contribution in [0.2, 0.25) is 0 Å². The van der Waals surface area contributed by atoms with Gasteiger partial charge in [0.1, 0.15) is 0 Å². The van der Waals surface area contributed by atoms with Crippen LogP contribution < -0.4 is 20.5 Å². The van der Waals surface area contributed by atoms with Gasteiger partial charge >= 0.3 is 0 Å². The molecule has 3 N–H and O–H groups in total. The van der Waals surface area contributed by atoms with Crippen LogP contribution >= 0.6 is 11.3 Å². The quantitative estimate of drug-likeness (QED) is 0.534. The van der Waals surface area contributed by atoms with Gasteiger partial charge in [-0.15, -0.1) is 11.3 Å². The maximum atomic E-state index is 5.95. The molecule has 1 aromatic heterocycles. The van der Waals surface area contributed by atoms with Crippen LogP contribution in [0.4, 0.5) is 0 Å². The smallest absolute Gasteiger partial charge is 0.188 e. The largest absolute Gasteiger partial charge is 0.493 e. The summed E-state index contributed by atoms with van der Waals surface area (Å²) in [5.74, 6) is 1.92. The molecule has 2 rings (SSSR count). The number of hydrogen-bond acceptors (Lipinski definition) is 5. The van der Waals surface area contributed by atoms with Gasteiger partial charge in [-0.3, -0.25) is 4.99 Å². The topological polar surface area (TPSA) is 81.8 Å². The van der Waals surface area contributed by atoms with Gasteiger partial charge in [-0.1, -0.05) is 26.8 Å². The monoisotopic (exact) mass is 390 g/mol. The second-order valence-corrected chi connectivity index (χ2v) is 8.14. The summed E-state index contributed by atoms with van der Waals surface area (Å²) in [6, 6.07) is 5.90. The lowest BCUT2D eigenvalue weighted by molar-refractivity contribution is 0.354. The molecule has 1 heterocycles. The third-order valence-electron chi connectivity index (χ3n) is 4.01. The maximum Gasteiger partial charge on any atom is 0.188 e. The highest BCUT2D eigenvalue weighted by atomic mass is 32.1. The van der Waals surface area contributed by atoms with E-state index < -0.39 is 0 Å². The Kier molecular flexibility index (Phi) is 7.47. The summed E-state index contributed by atoms with van der Waals surface area (Å²) >= 11 is 1.71. The van der Waals surface area contributed by atoms with Crippen LogP contribution in [0, 0.1) is 0 Å². The number of aromatic nitrogens is 1. The minimum absolute atomic E-state index is 0.0942. The first-order valence-electron chi connectivity index (χ1n) is 9.03. The first-order valence-corrected chi connectivity index (χ1v) is 9.91. The van der Waals surface area contributed by atoms with E-state index in [2.05, 4.69) is 41.4 Å². The summed E-state index contributed by atoms with van der Waals surface area (Å²) in [4.78, 5) is 9.06. The fourth-order valence-electron chi connectivity index (χ4n) is 2.48. The van der Waals surface area contributed by atoms with Crippen LogP contribution in [-0.2, 0) is 18.3 Å². The van der Waals surface area contributed by atoms with Crippen molar-refractivity contribution in [3.63, 3.8) is 0 Å². The van der Waals surface area contributed by atoms with Crippen molar-refractivity contribution in [3.8, 4) is 11.5 Å². The van der Waals surface area contributed by atoms with Crippen molar-refractivity contribution in [2.75, 3.05) is 27.3 Å². The lowest BCUT2D eigenvalue weighted by Crippen LogP contribution is -2.33. The molecule has 2 aromatic rings. The molecule has 0 fully saturated rings. The van der Waals surface area contributed by atoms with Gasteiger partial charge in [-0.05, 0) is 24.1 Å². The van der Waals surface area contributed by atoms with Crippen LogP contribution in [-0.4, -0.2) is 38.3 Å². The number of guanidine groups is 1.